The van der Waals surface area contributed by atoms with E-state index in [1.165, 1.54) is 24.5 Å². The lowest BCUT2D eigenvalue weighted by Crippen LogP contribution is -1.89. The Morgan fingerprint density at radius 3 is 2.86 bits per heavy atom. The fourth-order valence-corrected chi connectivity index (χ4v) is 1.91. The van der Waals surface area contributed by atoms with Crippen molar-refractivity contribution in [3.05, 3.63) is 29.7 Å². The number of hydrogen-bond acceptors (Lipinski definition) is 1. The Bertz CT molecular complexity index is 497. The van der Waals surface area contributed by atoms with Crippen LogP contribution in [0.25, 0.3) is 10.9 Å². The normalized spacial score (nSPS) is 16.4. The summed E-state index contributed by atoms with van der Waals surface area (Å²) in [6.45, 7) is 0. The molecule has 0 bridgehead atoms. The number of anilines is 1. The molecule has 0 amide bonds. The van der Waals surface area contributed by atoms with E-state index in [0.717, 1.165) is 10.9 Å². The van der Waals surface area contributed by atoms with Crippen molar-refractivity contribution in [3.8, 4) is 0 Å². The lowest BCUT2D eigenvalue weighted by molar-refractivity contribution is 0.634. The Morgan fingerprint density at radius 1 is 1.36 bits per heavy atom. The van der Waals surface area contributed by atoms with Gasteiger partial charge in [-0.1, -0.05) is 0 Å². The van der Waals surface area contributed by atoms with Gasteiger partial charge in [0.25, 0.3) is 0 Å². The standard InChI is InChI=1S/C11H11FN2/c12-9-3-7-8(6-1-2-6)5-14-11(7)4-10(9)13/h3-6,14H,1-2,13H2. The molecule has 3 heteroatoms. The van der Waals surface area contributed by atoms with Crippen molar-refractivity contribution in [1.29, 1.82) is 0 Å². The molecule has 1 aromatic carbocycles. The molecular formula is C11H11FN2. The van der Waals surface area contributed by atoms with E-state index in [2.05, 4.69) is 4.98 Å². The number of hydrogen-bond donors (Lipinski definition) is 2. The number of nitrogens with one attached hydrogen (secondary N) is 1. The molecule has 0 saturated heterocycles. The first-order chi connectivity index (χ1) is 6.75. The second-order valence-electron chi connectivity index (χ2n) is 3.94. The molecule has 3 N–H and O–H groups in total. The number of nitrogen functional groups attached to an aromatic ring is 1. The van der Waals surface area contributed by atoms with E-state index in [1.54, 1.807) is 6.07 Å². The van der Waals surface area contributed by atoms with Gasteiger partial charge in [-0.2, -0.15) is 0 Å². The van der Waals surface area contributed by atoms with Gasteiger partial charge >= 0.3 is 0 Å². The average Bonchev–Trinajstić information content (AvgIpc) is 2.91. The Labute approximate surface area is 80.9 Å². The highest BCUT2D eigenvalue weighted by Crippen LogP contribution is 2.43. The second kappa shape index (κ2) is 2.50. The summed E-state index contributed by atoms with van der Waals surface area (Å²) in [5, 5.41) is 0.985. The Balaban J connectivity index is 2.29. The van der Waals surface area contributed by atoms with Crippen molar-refractivity contribution in [1.82, 2.24) is 4.98 Å². The van der Waals surface area contributed by atoms with Crippen LogP contribution in [0.2, 0.25) is 0 Å². The van der Waals surface area contributed by atoms with Gasteiger partial charge in [-0.3, -0.25) is 0 Å². The van der Waals surface area contributed by atoms with E-state index < -0.39 is 0 Å². The topological polar surface area (TPSA) is 41.8 Å². The van der Waals surface area contributed by atoms with E-state index >= 15 is 0 Å². The molecule has 0 aliphatic heterocycles. The van der Waals surface area contributed by atoms with Crippen LogP contribution in [0.1, 0.15) is 24.3 Å². The minimum Gasteiger partial charge on any atom is -0.396 e. The quantitative estimate of drug-likeness (QED) is 0.667. The van der Waals surface area contributed by atoms with Crippen molar-refractivity contribution >= 4 is 16.6 Å². The first-order valence-electron chi connectivity index (χ1n) is 4.81. The molecule has 0 spiro atoms. The highest BCUT2D eigenvalue weighted by Gasteiger charge is 2.26. The molecule has 1 aliphatic rings. The van der Waals surface area contributed by atoms with Gasteiger partial charge in [0, 0.05) is 17.1 Å². The van der Waals surface area contributed by atoms with Crippen LogP contribution in [0.15, 0.2) is 18.3 Å². The maximum Gasteiger partial charge on any atom is 0.146 e. The third-order valence-corrected chi connectivity index (χ3v) is 2.85. The second-order valence-corrected chi connectivity index (χ2v) is 3.94. The van der Waals surface area contributed by atoms with Gasteiger partial charge in [-0.25, -0.2) is 4.39 Å². The minimum atomic E-state index is -0.320. The Morgan fingerprint density at radius 2 is 2.14 bits per heavy atom. The number of aromatic amines is 1. The van der Waals surface area contributed by atoms with Crippen LogP contribution >= 0.6 is 0 Å². The van der Waals surface area contributed by atoms with E-state index in [-0.39, 0.29) is 11.5 Å². The SMILES string of the molecule is Nc1cc2[nH]cc(C3CC3)c2cc1F. The molecule has 2 aromatic rings. The third kappa shape index (κ3) is 1.02. The van der Waals surface area contributed by atoms with E-state index in [9.17, 15) is 4.39 Å². The van der Waals surface area contributed by atoms with Gasteiger partial charge in [0.05, 0.1) is 5.69 Å². The molecule has 1 aliphatic carbocycles. The van der Waals surface area contributed by atoms with Gasteiger partial charge < -0.3 is 10.7 Å². The average molecular weight is 190 g/mol. The van der Waals surface area contributed by atoms with Gasteiger partial charge in [-0.15, -0.1) is 0 Å². The first kappa shape index (κ1) is 7.85. The first-order valence-corrected chi connectivity index (χ1v) is 4.81. The predicted octanol–water partition coefficient (Wildman–Crippen LogP) is 2.77. The van der Waals surface area contributed by atoms with Crippen LogP contribution in [0.4, 0.5) is 10.1 Å². The molecule has 14 heavy (non-hydrogen) atoms. The lowest BCUT2D eigenvalue weighted by atomic mass is 10.1. The molecular weight excluding hydrogens is 179 g/mol. The number of halogens is 1. The molecule has 0 radical (unpaired) electrons. The minimum absolute atomic E-state index is 0.210. The molecule has 72 valence electrons. The van der Waals surface area contributed by atoms with Crippen molar-refractivity contribution in [2.75, 3.05) is 5.73 Å². The van der Waals surface area contributed by atoms with Crippen molar-refractivity contribution in [2.24, 2.45) is 0 Å². The fraction of sp³-hybridized carbons (Fsp3) is 0.273. The summed E-state index contributed by atoms with van der Waals surface area (Å²) in [6.07, 6.45) is 4.42. The van der Waals surface area contributed by atoms with Crippen LogP contribution in [-0.2, 0) is 0 Å². The zero-order valence-corrected chi connectivity index (χ0v) is 7.68. The summed E-state index contributed by atoms with van der Waals surface area (Å²) in [6, 6.07) is 3.20. The number of benzene rings is 1. The third-order valence-electron chi connectivity index (χ3n) is 2.85. The van der Waals surface area contributed by atoms with Crippen molar-refractivity contribution in [3.63, 3.8) is 0 Å². The van der Waals surface area contributed by atoms with Crippen LogP contribution < -0.4 is 5.73 Å². The fourth-order valence-electron chi connectivity index (χ4n) is 1.91. The molecule has 1 aromatic heterocycles. The maximum atomic E-state index is 13.3. The van der Waals surface area contributed by atoms with Crippen molar-refractivity contribution < 1.29 is 4.39 Å². The monoisotopic (exact) mass is 190 g/mol. The van der Waals surface area contributed by atoms with Crippen LogP contribution in [0, 0.1) is 5.82 Å². The zero-order valence-electron chi connectivity index (χ0n) is 7.68. The van der Waals surface area contributed by atoms with Crippen LogP contribution in [0.3, 0.4) is 0 Å². The van der Waals surface area contributed by atoms with Gasteiger partial charge in [0.15, 0.2) is 0 Å². The van der Waals surface area contributed by atoms with Gasteiger partial charge in [0.2, 0.25) is 0 Å². The number of aromatic nitrogens is 1. The largest absolute Gasteiger partial charge is 0.396 e. The summed E-state index contributed by atoms with van der Waals surface area (Å²) < 4.78 is 13.3. The molecule has 1 fully saturated rings. The smallest absolute Gasteiger partial charge is 0.146 e. The Hall–Kier alpha value is -1.51. The van der Waals surface area contributed by atoms with Crippen LogP contribution in [0.5, 0.6) is 0 Å². The maximum absolute atomic E-state index is 13.3. The van der Waals surface area contributed by atoms with E-state index in [0.29, 0.717) is 5.92 Å². The predicted molar refractivity (Wildman–Crippen MR) is 54.6 cm³/mol. The number of rotatable bonds is 1. The summed E-state index contributed by atoms with van der Waals surface area (Å²) in [4.78, 5) is 3.13. The van der Waals surface area contributed by atoms with E-state index in [4.69, 9.17) is 5.73 Å². The molecule has 1 saturated carbocycles. The highest BCUT2D eigenvalue weighted by atomic mass is 19.1. The number of fused-ring (bicyclic) bond motifs is 1. The molecule has 2 nitrogen and oxygen atoms in total. The molecule has 0 unspecified atom stereocenters. The van der Waals surface area contributed by atoms with Crippen LogP contribution in [-0.4, -0.2) is 4.98 Å². The molecule has 1 heterocycles. The Kier molecular flexibility index (Phi) is 1.40. The van der Waals surface area contributed by atoms with Gasteiger partial charge in [0.1, 0.15) is 5.82 Å². The summed E-state index contributed by atoms with van der Waals surface area (Å²) in [5.74, 6) is 0.311. The van der Waals surface area contributed by atoms with Crippen molar-refractivity contribution in [2.45, 2.75) is 18.8 Å². The highest BCUT2D eigenvalue weighted by molar-refractivity contribution is 5.86. The van der Waals surface area contributed by atoms with E-state index in [1.807, 2.05) is 6.20 Å². The molecule has 0 atom stereocenters. The molecule has 3 rings (SSSR count). The summed E-state index contributed by atoms with van der Waals surface area (Å²) in [5.41, 5.74) is 7.87. The number of nitrogens with two attached hydrogens (primary N) is 1. The number of H-pyrrole nitrogens is 1. The lowest BCUT2D eigenvalue weighted by Gasteiger charge is -1.98. The summed E-state index contributed by atoms with van der Waals surface area (Å²) >= 11 is 0. The van der Waals surface area contributed by atoms with Gasteiger partial charge in [-0.05, 0) is 36.5 Å². The zero-order chi connectivity index (χ0) is 9.71. The summed E-state index contributed by atoms with van der Waals surface area (Å²) in [7, 11) is 0.